The molecule has 1 aliphatic rings. The van der Waals surface area contributed by atoms with Crippen LogP contribution < -0.4 is 10.1 Å². The van der Waals surface area contributed by atoms with E-state index in [1.54, 1.807) is 12.3 Å². The summed E-state index contributed by atoms with van der Waals surface area (Å²) < 4.78 is 31.1. The molecule has 1 unspecified atom stereocenters. The van der Waals surface area contributed by atoms with Crippen LogP contribution in [0.5, 0.6) is 5.75 Å². The van der Waals surface area contributed by atoms with Crippen LogP contribution in [0.4, 0.5) is 5.13 Å². The van der Waals surface area contributed by atoms with Gasteiger partial charge in [-0.25, -0.2) is 18.4 Å². The molecule has 1 N–H and O–H groups in total. The maximum atomic E-state index is 13.4. The number of rotatable bonds is 7. The Bertz CT molecular complexity index is 1600. The SMILES string of the molecule is CCOc1cnc(Cl)cc1-c1cc(C)ncc1C(=O)Nc1nc2ccc(CC3CCCS3(=O)=O)cc2s1. The second-order valence-electron chi connectivity index (χ2n) is 8.92. The Labute approximate surface area is 224 Å². The van der Waals surface area contributed by atoms with Crippen LogP contribution in [0.3, 0.4) is 0 Å². The average molecular weight is 557 g/mol. The van der Waals surface area contributed by atoms with E-state index in [1.165, 1.54) is 17.5 Å². The van der Waals surface area contributed by atoms with Gasteiger partial charge in [-0.1, -0.05) is 29.0 Å². The van der Waals surface area contributed by atoms with Gasteiger partial charge in [0, 0.05) is 23.0 Å². The van der Waals surface area contributed by atoms with Crippen LogP contribution in [-0.4, -0.2) is 46.9 Å². The minimum atomic E-state index is -3.02. The molecule has 0 radical (unpaired) electrons. The summed E-state index contributed by atoms with van der Waals surface area (Å²) in [5.41, 5.74) is 4.04. The number of thiazole rings is 1. The van der Waals surface area contributed by atoms with Crippen molar-refractivity contribution in [2.24, 2.45) is 0 Å². The second kappa shape index (κ2) is 10.4. The lowest BCUT2D eigenvalue weighted by Crippen LogP contribution is -2.18. The van der Waals surface area contributed by atoms with Crippen LogP contribution in [0.15, 0.2) is 42.7 Å². The quantitative estimate of drug-likeness (QED) is 0.300. The van der Waals surface area contributed by atoms with Crippen LogP contribution in [0.1, 0.15) is 41.4 Å². The number of aromatic nitrogens is 3. The van der Waals surface area contributed by atoms with Crippen molar-refractivity contribution in [3.05, 3.63) is 64.7 Å². The van der Waals surface area contributed by atoms with Gasteiger partial charge < -0.3 is 4.74 Å². The zero-order chi connectivity index (χ0) is 26.2. The molecule has 4 aromatic rings. The van der Waals surface area contributed by atoms with Gasteiger partial charge in [0.15, 0.2) is 15.0 Å². The number of pyridine rings is 2. The largest absolute Gasteiger partial charge is 0.492 e. The number of ether oxygens (including phenoxy) is 1. The molecule has 0 spiro atoms. The van der Waals surface area contributed by atoms with Crippen molar-refractivity contribution in [1.82, 2.24) is 15.0 Å². The molecule has 11 heteroatoms. The van der Waals surface area contributed by atoms with E-state index in [0.29, 0.717) is 47.0 Å². The van der Waals surface area contributed by atoms with E-state index < -0.39 is 9.84 Å². The minimum Gasteiger partial charge on any atom is -0.492 e. The van der Waals surface area contributed by atoms with Gasteiger partial charge >= 0.3 is 0 Å². The Morgan fingerprint density at radius 2 is 2.03 bits per heavy atom. The Balaban J connectivity index is 1.43. The molecular weight excluding hydrogens is 532 g/mol. The molecule has 1 aliphatic heterocycles. The smallest absolute Gasteiger partial charge is 0.259 e. The molecule has 1 amide bonds. The monoisotopic (exact) mass is 556 g/mol. The van der Waals surface area contributed by atoms with Crippen molar-refractivity contribution in [2.75, 3.05) is 17.7 Å². The van der Waals surface area contributed by atoms with E-state index in [2.05, 4.69) is 20.3 Å². The first-order valence-electron chi connectivity index (χ1n) is 11.9. The van der Waals surface area contributed by atoms with Crippen molar-refractivity contribution in [1.29, 1.82) is 0 Å². The summed E-state index contributed by atoms with van der Waals surface area (Å²) in [6.45, 7) is 4.15. The lowest BCUT2D eigenvalue weighted by Gasteiger charge is -2.14. The molecule has 3 aromatic heterocycles. The number of aryl methyl sites for hydroxylation is 1. The average Bonchev–Trinajstić information content (AvgIpc) is 3.41. The Morgan fingerprint density at radius 1 is 1.19 bits per heavy atom. The number of carbonyl (C=O) groups is 1. The number of hydrogen-bond donors (Lipinski definition) is 1. The van der Waals surface area contributed by atoms with Crippen LogP contribution in [0.2, 0.25) is 5.15 Å². The van der Waals surface area contributed by atoms with Crippen LogP contribution in [-0.2, 0) is 16.3 Å². The molecule has 192 valence electrons. The van der Waals surface area contributed by atoms with E-state index >= 15 is 0 Å². The number of nitrogens with zero attached hydrogens (tertiary/aromatic N) is 3. The second-order valence-corrected chi connectivity index (χ2v) is 12.7. The number of nitrogens with one attached hydrogen (secondary N) is 1. The van der Waals surface area contributed by atoms with Crippen LogP contribution in [0.25, 0.3) is 21.3 Å². The van der Waals surface area contributed by atoms with Gasteiger partial charge in [0.1, 0.15) is 10.9 Å². The molecule has 4 heterocycles. The number of halogens is 1. The first-order chi connectivity index (χ1) is 17.7. The van der Waals surface area contributed by atoms with E-state index in [4.69, 9.17) is 16.3 Å². The first kappa shape index (κ1) is 25.6. The summed E-state index contributed by atoms with van der Waals surface area (Å²) in [5, 5.41) is 3.29. The summed E-state index contributed by atoms with van der Waals surface area (Å²) in [4.78, 5) is 26.4. The van der Waals surface area contributed by atoms with E-state index in [0.717, 1.165) is 27.9 Å². The molecule has 1 saturated heterocycles. The van der Waals surface area contributed by atoms with Gasteiger partial charge in [-0.2, -0.15) is 0 Å². The predicted molar refractivity (Wildman–Crippen MR) is 146 cm³/mol. The third-order valence-corrected chi connectivity index (χ3v) is 9.72. The summed E-state index contributed by atoms with van der Waals surface area (Å²) in [5.74, 6) is 0.419. The molecule has 0 saturated carbocycles. The fourth-order valence-electron chi connectivity index (χ4n) is 4.53. The van der Waals surface area contributed by atoms with Crippen LogP contribution >= 0.6 is 22.9 Å². The molecule has 0 bridgehead atoms. The topological polar surface area (TPSA) is 111 Å². The van der Waals surface area contributed by atoms with Gasteiger partial charge in [-0.05, 0) is 62.9 Å². The van der Waals surface area contributed by atoms with Crippen molar-refractivity contribution in [3.63, 3.8) is 0 Å². The Hall–Kier alpha value is -3.08. The van der Waals surface area contributed by atoms with Gasteiger partial charge in [0.25, 0.3) is 5.91 Å². The van der Waals surface area contributed by atoms with Gasteiger partial charge in [-0.3, -0.25) is 15.1 Å². The molecule has 37 heavy (non-hydrogen) atoms. The molecular formula is C26H25ClN4O4S2. The van der Waals surface area contributed by atoms with Crippen molar-refractivity contribution >= 4 is 54.0 Å². The van der Waals surface area contributed by atoms with Gasteiger partial charge in [0.2, 0.25) is 0 Å². The zero-order valence-electron chi connectivity index (χ0n) is 20.3. The first-order valence-corrected chi connectivity index (χ1v) is 14.8. The fraction of sp³-hybridized carbons (Fsp3) is 0.308. The number of fused-ring (bicyclic) bond motifs is 1. The number of amides is 1. The van der Waals surface area contributed by atoms with E-state index in [1.807, 2.05) is 38.1 Å². The summed E-state index contributed by atoms with van der Waals surface area (Å²) in [6.07, 6.45) is 4.98. The van der Waals surface area contributed by atoms with E-state index in [9.17, 15) is 13.2 Å². The molecule has 1 aromatic carbocycles. The number of anilines is 1. The number of sulfone groups is 1. The standard InChI is InChI=1S/C26H25ClN4O4S2/c1-3-35-22-14-29-24(27)12-19(22)18-9-15(2)28-13-20(18)25(32)31-26-30-21-7-6-16(11-23(21)36-26)10-17-5-4-8-37(17,33)34/h6-7,9,11-14,17H,3-5,8,10H2,1-2H3,(H,30,31,32). The normalized spacial score (nSPS) is 16.7. The fourth-order valence-corrected chi connectivity index (χ4v) is 7.48. The third kappa shape index (κ3) is 5.46. The lowest BCUT2D eigenvalue weighted by atomic mass is 10.0. The molecule has 1 atom stereocenters. The van der Waals surface area contributed by atoms with Crippen molar-refractivity contribution in [3.8, 4) is 16.9 Å². The number of benzene rings is 1. The summed E-state index contributed by atoms with van der Waals surface area (Å²) >= 11 is 7.51. The summed E-state index contributed by atoms with van der Waals surface area (Å²) in [6, 6.07) is 9.21. The van der Waals surface area contributed by atoms with Crippen molar-refractivity contribution < 1.29 is 17.9 Å². The number of hydrogen-bond acceptors (Lipinski definition) is 8. The summed E-state index contributed by atoms with van der Waals surface area (Å²) in [7, 11) is -3.02. The molecule has 0 aliphatic carbocycles. The highest BCUT2D eigenvalue weighted by Gasteiger charge is 2.31. The van der Waals surface area contributed by atoms with Crippen molar-refractivity contribution in [2.45, 2.75) is 38.4 Å². The predicted octanol–water partition coefficient (Wildman–Crippen LogP) is 5.49. The highest BCUT2D eigenvalue weighted by Crippen LogP contribution is 2.35. The lowest BCUT2D eigenvalue weighted by molar-refractivity contribution is 0.102. The van der Waals surface area contributed by atoms with Gasteiger partial charge in [0.05, 0.1) is 39.6 Å². The molecule has 1 fully saturated rings. The number of carbonyl (C=O) groups excluding carboxylic acids is 1. The van der Waals surface area contributed by atoms with Gasteiger partial charge in [-0.15, -0.1) is 0 Å². The molecule has 8 nitrogen and oxygen atoms in total. The third-order valence-electron chi connectivity index (χ3n) is 6.31. The minimum absolute atomic E-state index is 0.268. The maximum Gasteiger partial charge on any atom is 0.259 e. The molecule has 5 rings (SSSR count). The highest BCUT2D eigenvalue weighted by molar-refractivity contribution is 7.92. The highest BCUT2D eigenvalue weighted by atomic mass is 35.5. The Kier molecular flexibility index (Phi) is 7.15. The maximum absolute atomic E-state index is 13.4. The Morgan fingerprint density at radius 3 is 2.78 bits per heavy atom. The zero-order valence-corrected chi connectivity index (χ0v) is 22.7. The van der Waals surface area contributed by atoms with Crippen LogP contribution in [0, 0.1) is 6.92 Å². The van der Waals surface area contributed by atoms with E-state index in [-0.39, 0.29) is 22.1 Å².